The van der Waals surface area contributed by atoms with Crippen molar-refractivity contribution < 1.29 is 16.0 Å². The predicted molar refractivity (Wildman–Crippen MR) is 24.7 cm³/mol. The Kier molecular flexibility index (Phi) is 25.2. The molecule has 0 unspecified atom stereocenters. The van der Waals surface area contributed by atoms with Crippen molar-refractivity contribution in [3.63, 3.8) is 0 Å². The van der Waals surface area contributed by atoms with Crippen molar-refractivity contribution in [3.05, 3.63) is 10.1 Å². The first-order chi connectivity index (χ1) is 1.73. The van der Waals surface area contributed by atoms with E-state index in [9.17, 15) is 0 Å². The molecule has 0 rings (SSSR count). The molecule has 0 radical (unpaired) electrons. The minimum absolute atomic E-state index is 0. The summed E-state index contributed by atoms with van der Waals surface area (Å²) in [5, 5.41) is 13.6. The maximum atomic E-state index is 8.36. The molecular formula is H5MgNO3Sr. The molecule has 0 fully saturated rings. The van der Waals surface area contributed by atoms with Crippen LogP contribution >= 0.6 is 0 Å². The van der Waals surface area contributed by atoms with Gasteiger partial charge in [-0.25, -0.2) is 0 Å². The van der Waals surface area contributed by atoms with Crippen molar-refractivity contribution in [1.82, 2.24) is 0 Å². The van der Waals surface area contributed by atoms with Gasteiger partial charge in [-0.2, -0.15) is 0 Å². The third-order valence-electron chi connectivity index (χ3n) is 0. The molecule has 0 aliphatic heterocycles. The van der Waals surface area contributed by atoms with Crippen LogP contribution in [0.1, 0.15) is 5.71 Å². The van der Waals surface area contributed by atoms with Gasteiger partial charge in [0.2, 0.25) is 0 Å². The van der Waals surface area contributed by atoms with Gasteiger partial charge in [0.05, 0.1) is 0 Å². The molecular weight excluding hydrogens is 174 g/mol. The number of hydrogen-bond acceptors (Lipinski definition) is 2. The molecule has 0 amide bonds. The van der Waals surface area contributed by atoms with Gasteiger partial charge in [-0.3, -0.25) is 0 Å². The summed E-state index contributed by atoms with van der Waals surface area (Å²) in [5.41, 5.74) is 0. The zero-order valence-corrected chi connectivity index (χ0v) is 8.02. The van der Waals surface area contributed by atoms with Crippen molar-refractivity contribution in [2.75, 3.05) is 0 Å². The summed E-state index contributed by atoms with van der Waals surface area (Å²) in [6, 6.07) is 0. The quantitative estimate of drug-likeness (QED) is 0.305. The van der Waals surface area contributed by atoms with E-state index in [0.29, 0.717) is 0 Å². The first kappa shape index (κ1) is 15.7. The van der Waals surface area contributed by atoms with Crippen molar-refractivity contribution in [1.29, 1.82) is 0 Å². The normalized spacial score (nSPS) is 4.00. The standard InChI is InChI=1S/Mg.HNO3.Sr.4H/c;2-1(3)4;;;;;/h;(H,2,3,4);;;;;/q+2;;+2;4*-1. The molecule has 0 aliphatic carbocycles. The first-order valence-electron chi connectivity index (χ1n) is 0.565. The summed E-state index contributed by atoms with van der Waals surface area (Å²) in [7, 11) is 0. The van der Waals surface area contributed by atoms with Gasteiger partial charge >= 0.3 is 68.5 Å². The van der Waals surface area contributed by atoms with Crippen molar-refractivity contribution >= 4 is 68.5 Å². The first-order valence-corrected chi connectivity index (χ1v) is 0.565. The molecule has 0 aromatic carbocycles. The predicted octanol–water partition coefficient (Wildman–Crippen LogP) is -0.659. The molecule has 0 aliphatic rings. The fourth-order valence-corrected chi connectivity index (χ4v) is 0. The zero-order valence-electron chi connectivity index (χ0n) is 7.13. The van der Waals surface area contributed by atoms with E-state index in [1.165, 1.54) is 0 Å². The molecule has 0 heterocycles. The molecule has 4 nitrogen and oxygen atoms in total. The smallest absolute Gasteiger partial charge is 1.00 e. The Morgan fingerprint density at radius 3 is 1.83 bits per heavy atom. The van der Waals surface area contributed by atoms with Gasteiger partial charge in [0, 0.05) is 0 Å². The minimum Gasteiger partial charge on any atom is -1.00 e. The van der Waals surface area contributed by atoms with Crippen LogP contribution in [0.3, 0.4) is 0 Å². The van der Waals surface area contributed by atoms with Gasteiger partial charge in [-0.1, -0.05) is 0 Å². The van der Waals surface area contributed by atoms with Gasteiger partial charge in [-0.05, 0) is 0 Å². The maximum absolute atomic E-state index is 8.36. The molecule has 0 bridgehead atoms. The Morgan fingerprint density at radius 2 is 1.83 bits per heavy atom. The van der Waals surface area contributed by atoms with E-state index >= 15 is 0 Å². The SMILES string of the molecule is O=[N+]([O-])O.[H-].[H-].[H-].[H-].[Mg+2].[Sr+2]. The van der Waals surface area contributed by atoms with E-state index in [-0.39, 0.29) is 74.2 Å². The Bertz CT molecular complexity index is 43.5. The van der Waals surface area contributed by atoms with Crippen molar-refractivity contribution in [2.45, 2.75) is 0 Å². The van der Waals surface area contributed by atoms with Gasteiger partial charge in [0.15, 0.2) is 0 Å². The van der Waals surface area contributed by atoms with E-state index in [4.69, 9.17) is 15.3 Å². The molecule has 0 aromatic heterocycles. The van der Waals surface area contributed by atoms with Crippen LogP contribution in [-0.2, 0) is 0 Å². The summed E-state index contributed by atoms with van der Waals surface area (Å²) in [5.74, 6) is 0. The van der Waals surface area contributed by atoms with Gasteiger partial charge in [-0.15, -0.1) is 10.1 Å². The van der Waals surface area contributed by atoms with Gasteiger partial charge < -0.3 is 10.9 Å². The zero-order chi connectivity index (χ0) is 3.58. The van der Waals surface area contributed by atoms with Crippen LogP contribution < -0.4 is 0 Å². The second-order valence-electron chi connectivity index (χ2n) is 0.238. The van der Waals surface area contributed by atoms with E-state index in [1.807, 2.05) is 0 Å². The molecule has 0 atom stereocenters. The Labute approximate surface area is 93.4 Å². The monoisotopic (exact) mass is 179 g/mol. The van der Waals surface area contributed by atoms with Crippen molar-refractivity contribution in [3.8, 4) is 0 Å². The molecule has 0 saturated carbocycles. The summed E-state index contributed by atoms with van der Waals surface area (Å²) in [6.07, 6.45) is 0. The third kappa shape index (κ3) is 51.5. The topological polar surface area (TPSA) is 63.4 Å². The van der Waals surface area contributed by atoms with Crippen LogP contribution in [0, 0.1) is 10.1 Å². The molecule has 0 saturated heterocycles. The molecule has 6 heavy (non-hydrogen) atoms. The van der Waals surface area contributed by atoms with Gasteiger partial charge in [0.25, 0.3) is 5.09 Å². The maximum Gasteiger partial charge on any atom is 2.00 e. The van der Waals surface area contributed by atoms with E-state index in [0.717, 1.165) is 0 Å². The van der Waals surface area contributed by atoms with Crippen LogP contribution in [0.5, 0.6) is 0 Å². The Morgan fingerprint density at radius 1 is 1.83 bits per heavy atom. The summed E-state index contributed by atoms with van der Waals surface area (Å²) in [6.45, 7) is 0. The second-order valence-corrected chi connectivity index (χ2v) is 0.238. The van der Waals surface area contributed by atoms with Crippen molar-refractivity contribution in [2.24, 2.45) is 0 Å². The van der Waals surface area contributed by atoms with Crippen LogP contribution in [0.2, 0.25) is 0 Å². The van der Waals surface area contributed by atoms with E-state index in [1.54, 1.807) is 0 Å². The van der Waals surface area contributed by atoms with Crippen LogP contribution in [0.15, 0.2) is 0 Å². The molecule has 32 valence electrons. The Hall–Kier alpha value is 1.45. The largest absolute Gasteiger partial charge is 2.00 e. The van der Waals surface area contributed by atoms with Crippen LogP contribution in [0.25, 0.3) is 0 Å². The second kappa shape index (κ2) is 9.67. The summed E-state index contributed by atoms with van der Waals surface area (Å²) >= 11 is 0. The van der Waals surface area contributed by atoms with Crippen LogP contribution in [0.4, 0.5) is 0 Å². The molecule has 0 spiro atoms. The summed E-state index contributed by atoms with van der Waals surface area (Å²) in [4.78, 5) is 8.36. The van der Waals surface area contributed by atoms with E-state index < -0.39 is 5.09 Å². The minimum atomic E-state index is -1.50. The van der Waals surface area contributed by atoms with Crippen LogP contribution in [-0.4, -0.2) is 78.8 Å². The summed E-state index contributed by atoms with van der Waals surface area (Å²) < 4.78 is 0. The van der Waals surface area contributed by atoms with Gasteiger partial charge in [0.1, 0.15) is 0 Å². The number of rotatable bonds is 0. The molecule has 0 aromatic rings. The fourth-order valence-electron chi connectivity index (χ4n) is 0. The third-order valence-corrected chi connectivity index (χ3v) is 0. The van der Waals surface area contributed by atoms with E-state index in [2.05, 4.69) is 0 Å². The Balaban J connectivity index is -0.00000000300. The average Bonchev–Trinajstić information content (AvgIpc) is 0.811. The number of nitrogens with zero attached hydrogens (tertiary/aromatic N) is 1. The average molecular weight is 179 g/mol. The molecule has 1 N–H and O–H groups in total. The fraction of sp³-hybridized carbons (Fsp3) is 0. The number of hydrogen-bond donors (Lipinski definition) is 1. The molecule has 6 heteroatoms.